The average molecular weight is 426 g/mol. The van der Waals surface area contributed by atoms with Crippen LogP contribution in [0.4, 0.5) is 0 Å². The van der Waals surface area contributed by atoms with E-state index >= 15 is 0 Å². The van der Waals surface area contributed by atoms with Crippen molar-refractivity contribution < 1.29 is 19.4 Å². The number of nitrogens with zero attached hydrogens (tertiary/aromatic N) is 1. The van der Waals surface area contributed by atoms with Crippen LogP contribution in [0.3, 0.4) is 0 Å². The Kier molecular flexibility index (Phi) is 6.95. The van der Waals surface area contributed by atoms with Gasteiger partial charge in [-0.3, -0.25) is 4.79 Å². The Labute approximate surface area is 177 Å². The SMILES string of the molecule is CCOC(=O)C1=C(O)/C(=C/c2ccc(SC)cc2)SC1=NC(=O)c1ccccc1. The number of rotatable bonds is 5. The molecule has 1 aliphatic heterocycles. The van der Waals surface area contributed by atoms with E-state index in [0.29, 0.717) is 10.5 Å². The molecule has 29 heavy (non-hydrogen) atoms. The van der Waals surface area contributed by atoms with E-state index in [1.54, 1.807) is 55.1 Å². The number of ether oxygens (including phenoxy) is 1. The summed E-state index contributed by atoms with van der Waals surface area (Å²) >= 11 is 2.70. The number of esters is 1. The molecule has 0 aromatic heterocycles. The zero-order valence-corrected chi connectivity index (χ0v) is 17.5. The van der Waals surface area contributed by atoms with Crippen molar-refractivity contribution in [3.63, 3.8) is 0 Å². The van der Waals surface area contributed by atoms with Crippen molar-refractivity contribution in [3.05, 3.63) is 82.0 Å². The summed E-state index contributed by atoms with van der Waals surface area (Å²) in [5.74, 6) is -1.44. The van der Waals surface area contributed by atoms with Gasteiger partial charge in [-0.2, -0.15) is 0 Å². The van der Waals surface area contributed by atoms with Gasteiger partial charge >= 0.3 is 5.97 Å². The third kappa shape index (κ3) is 4.99. The number of hydrogen-bond donors (Lipinski definition) is 1. The smallest absolute Gasteiger partial charge is 0.344 e. The first-order chi connectivity index (χ1) is 14.0. The fourth-order valence-corrected chi connectivity index (χ4v) is 4.00. The van der Waals surface area contributed by atoms with Crippen LogP contribution < -0.4 is 0 Å². The molecule has 5 nitrogen and oxygen atoms in total. The summed E-state index contributed by atoms with van der Waals surface area (Å²) in [6.07, 6.45) is 3.74. The van der Waals surface area contributed by atoms with Gasteiger partial charge in [0.25, 0.3) is 5.91 Å². The predicted octanol–water partition coefficient (Wildman–Crippen LogP) is 5.11. The van der Waals surface area contributed by atoms with Gasteiger partial charge in [0.2, 0.25) is 0 Å². The lowest BCUT2D eigenvalue weighted by Gasteiger charge is -2.03. The normalized spacial score (nSPS) is 16.5. The largest absolute Gasteiger partial charge is 0.506 e. The van der Waals surface area contributed by atoms with Crippen molar-refractivity contribution in [2.24, 2.45) is 4.99 Å². The predicted molar refractivity (Wildman–Crippen MR) is 118 cm³/mol. The van der Waals surface area contributed by atoms with Crippen molar-refractivity contribution in [2.45, 2.75) is 11.8 Å². The number of benzene rings is 2. The number of aliphatic hydroxyl groups is 1. The molecule has 0 aliphatic carbocycles. The molecule has 2 aromatic rings. The zero-order valence-electron chi connectivity index (χ0n) is 15.9. The molecule has 7 heteroatoms. The van der Waals surface area contributed by atoms with Gasteiger partial charge in [-0.25, -0.2) is 9.79 Å². The molecule has 0 bridgehead atoms. The van der Waals surface area contributed by atoms with Crippen LogP contribution in [0.5, 0.6) is 0 Å². The molecule has 1 aliphatic rings. The number of aliphatic hydroxyl groups excluding tert-OH is 1. The van der Waals surface area contributed by atoms with E-state index < -0.39 is 11.9 Å². The number of hydrogen-bond acceptors (Lipinski definition) is 6. The van der Waals surface area contributed by atoms with E-state index in [2.05, 4.69) is 4.99 Å². The van der Waals surface area contributed by atoms with E-state index in [-0.39, 0.29) is 23.0 Å². The molecule has 0 unspecified atom stereocenters. The van der Waals surface area contributed by atoms with Crippen LogP contribution in [-0.2, 0) is 9.53 Å². The van der Waals surface area contributed by atoms with E-state index in [1.165, 1.54) is 0 Å². The lowest BCUT2D eigenvalue weighted by molar-refractivity contribution is -0.138. The first-order valence-corrected chi connectivity index (χ1v) is 10.9. The summed E-state index contributed by atoms with van der Waals surface area (Å²) in [5, 5.41) is 10.8. The van der Waals surface area contributed by atoms with Crippen LogP contribution in [0.2, 0.25) is 0 Å². The second-order valence-electron chi connectivity index (χ2n) is 5.92. The fraction of sp³-hybridized carbons (Fsp3) is 0.136. The zero-order chi connectivity index (χ0) is 20.8. The summed E-state index contributed by atoms with van der Waals surface area (Å²) in [4.78, 5) is 30.5. The number of amides is 1. The van der Waals surface area contributed by atoms with Crippen LogP contribution in [0.1, 0.15) is 22.8 Å². The van der Waals surface area contributed by atoms with E-state index in [1.807, 2.05) is 30.5 Å². The number of carbonyl (C=O) groups is 2. The Hall–Kier alpha value is -2.77. The highest BCUT2D eigenvalue weighted by molar-refractivity contribution is 8.18. The van der Waals surface area contributed by atoms with Crippen molar-refractivity contribution >= 4 is 46.5 Å². The highest BCUT2D eigenvalue weighted by Gasteiger charge is 2.33. The molecule has 1 N–H and O–H groups in total. The molecule has 1 heterocycles. The standard InChI is InChI=1S/C22H19NO4S2/c1-3-27-22(26)18-19(24)17(13-14-9-11-16(28-2)12-10-14)29-21(18)23-20(25)15-7-5-4-6-8-15/h4-13,24H,3H2,1-2H3/b17-13-,23-21?. The monoisotopic (exact) mass is 425 g/mol. The van der Waals surface area contributed by atoms with E-state index in [9.17, 15) is 14.7 Å². The lowest BCUT2D eigenvalue weighted by Crippen LogP contribution is -2.14. The van der Waals surface area contributed by atoms with Gasteiger partial charge in [0.15, 0.2) is 0 Å². The molecule has 3 rings (SSSR count). The second kappa shape index (κ2) is 9.62. The van der Waals surface area contributed by atoms with Crippen LogP contribution in [0, 0.1) is 0 Å². The molecule has 148 valence electrons. The highest BCUT2D eigenvalue weighted by Crippen LogP contribution is 2.39. The summed E-state index contributed by atoms with van der Waals surface area (Å²) < 4.78 is 5.05. The van der Waals surface area contributed by atoms with Crippen molar-refractivity contribution in [1.29, 1.82) is 0 Å². The molecule has 2 aromatic carbocycles. The maximum absolute atomic E-state index is 12.5. The Balaban J connectivity index is 1.98. The molecule has 0 atom stereocenters. The van der Waals surface area contributed by atoms with Crippen molar-refractivity contribution in [3.8, 4) is 0 Å². The Morgan fingerprint density at radius 3 is 2.45 bits per heavy atom. The quantitative estimate of drug-likeness (QED) is 0.530. The number of thioether (sulfide) groups is 2. The fourth-order valence-electron chi connectivity index (χ4n) is 2.58. The maximum atomic E-state index is 12.5. The van der Waals surface area contributed by atoms with Gasteiger partial charge in [0.05, 0.1) is 11.5 Å². The number of aliphatic imine (C=N–C) groups is 1. The van der Waals surface area contributed by atoms with Gasteiger partial charge in [-0.05, 0) is 49.1 Å². The topological polar surface area (TPSA) is 76.0 Å². The van der Waals surface area contributed by atoms with Crippen LogP contribution in [0.15, 0.2) is 80.7 Å². The molecule has 0 spiro atoms. The van der Waals surface area contributed by atoms with Crippen LogP contribution in [-0.4, -0.2) is 34.9 Å². The molecule has 1 amide bonds. The van der Waals surface area contributed by atoms with Crippen molar-refractivity contribution in [1.82, 2.24) is 0 Å². The molecule has 0 radical (unpaired) electrons. The summed E-state index contributed by atoms with van der Waals surface area (Å²) in [6.45, 7) is 1.82. The van der Waals surface area contributed by atoms with Gasteiger partial charge in [0.1, 0.15) is 16.4 Å². The Morgan fingerprint density at radius 1 is 1.14 bits per heavy atom. The molecular weight excluding hydrogens is 406 g/mol. The van der Waals surface area contributed by atoms with Gasteiger partial charge in [-0.1, -0.05) is 42.1 Å². The summed E-state index contributed by atoms with van der Waals surface area (Å²) in [7, 11) is 0. The lowest BCUT2D eigenvalue weighted by atomic mass is 10.1. The third-order valence-corrected chi connectivity index (χ3v) is 5.77. The first kappa shape index (κ1) is 21.0. The molecule has 0 saturated carbocycles. The minimum atomic E-state index is -0.710. The van der Waals surface area contributed by atoms with Gasteiger partial charge in [-0.15, -0.1) is 11.8 Å². The highest BCUT2D eigenvalue weighted by atomic mass is 32.2. The number of carbonyl (C=O) groups excluding carboxylic acids is 2. The molecular formula is C22H19NO4S2. The minimum absolute atomic E-state index is 0.0897. The maximum Gasteiger partial charge on any atom is 0.344 e. The minimum Gasteiger partial charge on any atom is -0.506 e. The third-order valence-electron chi connectivity index (χ3n) is 4.01. The Bertz CT molecular complexity index is 1010. The Morgan fingerprint density at radius 2 is 1.83 bits per heavy atom. The summed E-state index contributed by atoms with van der Waals surface area (Å²) in [6, 6.07) is 16.3. The summed E-state index contributed by atoms with van der Waals surface area (Å²) in [5.41, 5.74) is 1.16. The second-order valence-corrected chi connectivity index (χ2v) is 7.83. The molecule has 0 fully saturated rings. The van der Waals surface area contributed by atoms with E-state index in [0.717, 1.165) is 22.2 Å². The average Bonchev–Trinajstić information content (AvgIpc) is 3.04. The van der Waals surface area contributed by atoms with Crippen LogP contribution >= 0.6 is 23.5 Å². The van der Waals surface area contributed by atoms with Gasteiger partial charge in [0, 0.05) is 10.5 Å². The van der Waals surface area contributed by atoms with Crippen molar-refractivity contribution in [2.75, 3.05) is 12.9 Å². The first-order valence-electron chi connectivity index (χ1n) is 8.86. The molecule has 0 saturated heterocycles. The van der Waals surface area contributed by atoms with E-state index in [4.69, 9.17) is 4.74 Å². The van der Waals surface area contributed by atoms with Crippen LogP contribution in [0.25, 0.3) is 6.08 Å². The van der Waals surface area contributed by atoms with Gasteiger partial charge < -0.3 is 9.84 Å².